The number of amides is 3. The van der Waals surface area contributed by atoms with Gasteiger partial charge in [0.25, 0.3) is 5.24 Å². The molecule has 0 aliphatic carbocycles. The first-order chi connectivity index (χ1) is 14.9. The number of thioether (sulfide) groups is 1. The van der Waals surface area contributed by atoms with E-state index in [0.717, 1.165) is 39.4 Å². The number of ether oxygens (including phenoxy) is 1. The summed E-state index contributed by atoms with van der Waals surface area (Å²) < 4.78 is 5.26. The van der Waals surface area contributed by atoms with Crippen LogP contribution in [0.25, 0.3) is 10.8 Å². The highest BCUT2D eigenvalue weighted by Crippen LogP contribution is 2.26. The van der Waals surface area contributed by atoms with Gasteiger partial charge in [-0.05, 0) is 53.1 Å². The number of nitrogens with zero attached hydrogens (tertiary/aromatic N) is 1. The summed E-state index contributed by atoms with van der Waals surface area (Å²) in [4.78, 5) is 37.5. The minimum absolute atomic E-state index is 0.109. The van der Waals surface area contributed by atoms with Gasteiger partial charge < -0.3 is 10.1 Å². The molecule has 4 rings (SSSR count). The summed E-state index contributed by atoms with van der Waals surface area (Å²) in [7, 11) is 1.64. The van der Waals surface area contributed by atoms with Crippen molar-refractivity contribution in [1.82, 2.24) is 4.90 Å². The van der Waals surface area contributed by atoms with Crippen LogP contribution in [0.3, 0.4) is 0 Å². The number of anilines is 1. The molecule has 0 saturated carbocycles. The molecule has 1 N–H and O–H groups in total. The molecule has 0 unspecified atom stereocenters. The van der Waals surface area contributed by atoms with Crippen molar-refractivity contribution in [2.45, 2.75) is 19.4 Å². The first-order valence-electron chi connectivity index (χ1n) is 9.89. The predicted octanol–water partition coefficient (Wildman–Crippen LogP) is 4.79. The maximum atomic E-state index is 12.8. The zero-order valence-electron chi connectivity index (χ0n) is 17.3. The van der Waals surface area contributed by atoms with Crippen molar-refractivity contribution < 1.29 is 19.1 Å². The van der Waals surface area contributed by atoms with E-state index < -0.39 is 0 Å². The SMILES string of the molecule is COc1ccc2cc([C@H](C)C(=O)Nc3ccc(CN4C(=O)CSC4=O)cc3)ccc2c1. The first kappa shape index (κ1) is 20.9. The van der Waals surface area contributed by atoms with Crippen molar-refractivity contribution in [3.63, 3.8) is 0 Å². The van der Waals surface area contributed by atoms with E-state index in [1.54, 1.807) is 19.2 Å². The van der Waals surface area contributed by atoms with Crippen LogP contribution in [0.5, 0.6) is 5.75 Å². The Balaban J connectivity index is 1.42. The Morgan fingerprint density at radius 3 is 2.45 bits per heavy atom. The Labute approximate surface area is 184 Å². The quantitative estimate of drug-likeness (QED) is 0.604. The molecule has 3 aromatic rings. The van der Waals surface area contributed by atoms with Crippen LogP contribution in [-0.4, -0.2) is 34.8 Å². The smallest absolute Gasteiger partial charge is 0.289 e. The van der Waals surface area contributed by atoms with Gasteiger partial charge in [0.05, 0.1) is 25.3 Å². The lowest BCUT2D eigenvalue weighted by Gasteiger charge is -2.15. The Bertz CT molecular complexity index is 1140. The number of hydrogen-bond donors (Lipinski definition) is 1. The van der Waals surface area contributed by atoms with Crippen LogP contribution in [0.4, 0.5) is 10.5 Å². The minimum atomic E-state index is -0.331. The average Bonchev–Trinajstić information content (AvgIpc) is 3.11. The van der Waals surface area contributed by atoms with E-state index >= 15 is 0 Å². The third-order valence-corrected chi connectivity index (χ3v) is 6.23. The normalized spacial score (nSPS) is 14.7. The molecule has 0 bridgehead atoms. The molecule has 0 radical (unpaired) electrons. The summed E-state index contributed by atoms with van der Waals surface area (Å²) in [5, 5.41) is 4.82. The van der Waals surface area contributed by atoms with Crippen LogP contribution in [0, 0.1) is 0 Å². The van der Waals surface area contributed by atoms with Crippen molar-refractivity contribution >= 4 is 45.3 Å². The van der Waals surface area contributed by atoms with Crippen LogP contribution in [0.1, 0.15) is 24.0 Å². The van der Waals surface area contributed by atoms with Gasteiger partial charge >= 0.3 is 0 Å². The summed E-state index contributed by atoms with van der Waals surface area (Å²) in [6, 6.07) is 19.0. The number of carbonyl (C=O) groups excluding carboxylic acids is 3. The van der Waals surface area contributed by atoms with Gasteiger partial charge in [-0.3, -0.25) is 19.3 Å². The van der Waals surface area contributed by atoms with Gasteiger partial charge in [0.1, 0.15) is 5.75 Å². The Morgan fingerprint density at radius 2 is 1.77 bits per heavy atom. The monoisotopic (exact) mass is 434 g/mol. The van der Waals surface area contributed by atoms with E-state index in [9.17, 15) is 14.4 Å². The van der Waals surface area contributed by atoms with Crippen LogP contribution < -0.4 is 10.1 Å². The maximum Gasteiger partial charge on any atom is 0.289 e. The van der Waals surface area contributed by atoms with Crippen LogP contribution in [0.15, 0.2) is 60.7 Å². The van der Waals surface area contributed by atoms with Crippen molar-refractivity contribution in [2.24, 2.45) is 0 Å². The van der Waals surface area contributed by atoms with Crippen molar-refractivity contribution in [1.29, 1.82) is 0 Å². The molecule has 1 saturated heterocycles. The molecule has 1 aliphatic rings. The summed E-state index contributed by atoms with van der Waals surface area (Å²) >= 11 is 1.02. The molecular weight excluding hydrogens is 412 g/mol. The summed E-state index contributed by atoms with van der Waals surface area (Å²) in [5.74, 6) is 0.388. The van der Waals surface area contributed by atoms with Gasteiger partial charge in [-0.2, -0.15) is 0 Å². The molecule has 1 aliphatic heterocycles. The highest BCUT2D eigenvalue weighted by molar-refractivity contribution is 8.14. The van der Waals surface area contributed by atoms with Gasteiger partial charge in [0, 0.05) is 5.69 Å². The molecule has 3 aromatic carbocycles. The third-order valence-electron chi connectivity index (χ3n) is 5.37. The van der Waals surface area contributed by atoms with Crippen LogP contribution in [0.2, 0.25) is 0 Å². The Hall–Kier alpha value is -3.32. The van der Waals surface area contributed by atoms with Gasteiger partial charge in [-0.1, -0.05) is 48.2 Å². The average molecular weight is 435 g/mol. The molecule has 6 nitrogen and oxygen atoms in total. The van der Waals surface area contributed by atoms with Crippen molar-refractivity contribution in [3.8, 4) is 5.75 Å². The molecule has 0 spiro atoms. The van der Waals surface area contributed by atoms with E-state index in [1.807, 2.05) is 55.5 Å². The lowest BCUT2D eigenvalue weighted by Crippen LogP contribution is -2.27. The second-order valence-corrected chi connectivity index (χ2v) is 8.34. The molecule has 7 heteroatoms. The highest BCUT2D eigenvalue weighted by atomic mass is 32.2. The highest BCUT2D eigenvalue weighted by Gasteiger charge is 2.29. The predicted molar refractivity (Wildman–Crippen MR) is 122 cm³/mol. The second kappa shape index (κ2) is 8.81. The van der Waals surface area contributed by atoms with Gasteiger partial charge in [0.2, 0.25) is 11.8 Å². The van der Waals surface area contributed by atoms with Crippen LogP contribution >= 0.6 is 11.8 Å². The lowest BCUT2D eigenvalue weighted by molar-refractivity contribution is -0.125. The molecule has 1 atom stereocenters. The fourth-order valence-electron chi connectivity index (χ4n) is 3.45. The van der Waals surface area contributed by atoms with Gasteiger partial charge in [-0.25, -0.2) is 0 Å². The number of fused-ring (bicyclic) bond motifs is 1. The molecule has 1 heterocycles. The number of benzene rings is 3. The van der Waals surface area contributed by atoms with Crippen molar-refractivity contribution in [3.05, 3.63) is 71.8 Å². The Kier molecular flexibility index (Phi) is 5.95. The number of imide groups is 1. The fraction of sp³-hybridized carbons (Fsp3) is 0.208. The topological polar surface area (TPSA) is 75.7 Å². The molecule has 0 aromatic heterocycles. The minimum Gasteiger partial charge on any atom is -0.497 e. The van der Waals surface area contributed by atoms with Crippen LogP contribution in [-0.2, 0) is 16.1 Å². The lowest BCUT2D eigenvalue weighted by atomic mass is 9.97. The molecular formula is C24H22N2O4S. The fourth-order valence-corrected chi connectivity index (χ4v) is 4.18. The van der Waals surface area contributed by atoms with Crippen molar-refractivity contribution in [2.75, 3.05) is 18.2 Å². The molecule has 3 amide bonds. The first-order valence-corrected chi connectivity index (χ1v) is 10.9. The molecule has 158 valence electrons. The zero-order chi connectivity index (χ0) is 22.0. The number of hydrogen-bond acceptors (Lipinski definition) is 5. The Morgan fingerprint density at radius 1 is 1.06 bits per heavy atom. The summed E-state index contributed by atoms with van der Waals surface area (Å²) in [6.07, 6.45) is 0. The van der Waals surface area contributed by atoms with E-state index in [-0.39, 0.29) is 35.3 Å². The van der Waals surface area contributed by atoms with E-state index in [2.05, 4.69) is 5.32 Å². The number of rotatable bonds is 6. The maximum absolute atomic E-state index is 12.8. The van der Waals surface area contributed by atoms with E-state index in [1.165, 1.54) is 4.90 Å². The van der Waals surface area contributed by atoms with Gasteiger partial charge in [0.15, 0.2) is 0 Å². The largest absolute Gasteiger partial charge is 0.497 e. The third kappa shape index (κ3) is 4.56. The van der Waals surface area contributed by atoms with E-state index in [0.29, 0.717) is 5.69 Å². The standard InChI is InChI=1S/C24H22N2O4S/c1-15(17-5-6-19-12-21(30-2)10-7-18(19)11-17)23(28)25-20-8-3-16(4-9-20)13-26-22(27)14-31-24(26)29/h3-12,15H,13-14H2,1-2H3,(H,25,28)/t15-/m0/s1. The van der Waals surface area contributed by atoms with Gasteiger partial charge in [-0.15, -0.1) is 0 Å². The molecule has 1 fully saturated rings. The number of carbonyl (C=O) groups is 3. The second-order valence-electron chi connectivity index (χ2n) is 7.41. The number of nitrogens with one attached hydrogen (secondary N) is 1. The van der Waals surface area contributed by atoms with E-state index in [4.69, 9.17) is 4.74 Å². The number of methoxy groups -OCH3 is 1. The zero-order valence-corrected chi connectivity index (χ0v) is 18.1. The summed E-state index contributed by atoms with van der Waals surface area (Å²) in [6.45, 7) is 2.12. The summed E-state index contributed by atoms with van der Waals surface area (Å²) in [5.41, 5.74) is 2.43. The molecule has 31 heavy (non-hydrogen) atoms.